The average Bonchev–Trinajstić information content (AvgIpc) is 2.57. The van der Waals surface area contributed by atoms with Gasteiger partial charge in [0.2, 0.25) is 5.91 Å². The highest BCUT2D eigenvalue weighted by molar-refractivity contribution is 9.10. The van der Waals surface area contributed by atoms with Gasteiger partial charge < -0.3 is 15.7 Å². The van der Waals surface area contributed by atoms with Crippen LogP contribution in [0.4, 0.5) is 5.69 Å². The van der Waals surface area contributed by atoms with E-state index in [4.69, 9.17) is 5.11 Å². The van der Waals surface area contributed by atoms with Gasteiger partial charge in [-0.05, 0) is 42.8 Å². The molecule has 0 aliphatic carbocycles. The quantitative estimate of drug-likeness (QED) is 0.709. The number of aliphatic hydroxyl groups is 1. The molecule has 0 saturated heterocycles. The first-order valence-electron chi connectivity index (χ1n) is 7.54. The molecule has 0 bridgehead atoms. The van der Waals surface area contributed by atoms with Crippen LogP contribution in [-0.4, -0.2) is 29.6 Å². The van der Waals surface area contributed by atoms with Crippen LogP contribution in [0.15, 0.2) is 53.0 Å². The summed E-state index contributed by atoms with van der Waals surface area (Å²) in [5, 5.41) is 14.4. The molecule has 0 unspecified atom stereocenters. The number of amides is 2. The minimum absolute atomic E-state index is 0.130. The first-order chi connectivity index (χ1) is 11.5. The van der Waals surface area contributed by atoms with Crippen molar-refractivity contribution >= 4 is 33.4 Å². The predicted octanol–water partition coefficient (Wildman–Crippen LogP) is 2.74. The Morgan fingerprint density at radius 1 is 1.17 bits per heavy atom. The topological polar surface area (TPSA) is 78.4 Å². The predicted molar refractivity (Wildman–Crippen MR) is 96.9 cm³/mol. The van der Waals surface area contributed by atoms with Crippen LogP contribution in [0.5, 0.6) is 0 Å². The second-order valence-corrected chi connectivity index (χ2v) is 6.40. The number of carbonyl (C=O) groups is 2. The van der Waals surface area contributed by atoms with Gasteiger partial charge in [-0.25, -0.2) is 0 Å². The maximum Gasteiger partial charge on any atom is 0.251 e. The number of hydrogen-bond donors (Lipinski definition) is 3. The summed E-state index contributed by atoms with van der Waals surface area (Å²) in [6, 6.07) is 13.9. The van der Waals surface area contributed by atoms with Gasteiger partial charge in [-0.15, -0.1) is 0 Å². The SMILES string of the molecule is C[C@@H](CO)NC(=O)c1cccc(NC(=O)Cc2ccc(Br)cc2)c1. The Morgan fingerprint density at radius 2 is 1.88 bits per heavy atom. The standard InChI is InChI=1S/C18H19BrN2O3/c1-12(11-22)20-18(24)14-3-2-4-16(10-14)21-17(23)9-13-5-7-15(19)8-6-13/h2-8,10,12,22H,9,11H2,1H3,(H,20,24)(H,21,23)/t12-/m0/s1. The molecule has 126 valence electrons. The van der Waals surface area contributed by atoms with Gasteiger partial charge in [-0.2, -0.15) is 0 Å². The molecule has 24 heavy (non-hydrogen) atoms. The van der Waals surface area contributed by atoms with Gasteiger partial charge in [0, 0.05) is 21.8 Å². The van der Waals surface area contributed by atoms with Crippen LogP contribution in [0.25, 0.3) is 0 Å². The first-order valence-corrected chi connectivity index (χ1v) is 8.33. The monoisotopic (exact) mass is 390 g/mol. The molecule has 2 amide bonds. The number of nitrogens with one attached hydrogen (secondary N) is 2. The Kier molecular flexibility index (Phi) is 6.52. The van der Waals surface area contributed by atoms with Crippen molar-refractivity contribution in [2.24, 2.45) is 0 Å². The summed E-state index contributed by atoms with van der Waals surface area (Å²) in [4.78, 5) is 24.2. The summed E-state index contributed by atoms with van der Waals surface area (Å²) in [5.74, 6) is -0.445. The fraction of sp³-hybridized carbons (Fsp3) is 0.222. The number of rotatable bonds is 6. The summed E-state index contributed by atoms with van der Waals surface area (Å²) < 4.78 is 0.961. The second-order valence-electron chi connectivity index (χ2n) is 5.49. The maximum atomic E-state index is 12.1. The zero-order valence-electron chi connectivity index (χ0n) is 13.3. The first kappa shape index (κ1) is 18.2. The van der Waals surface area contributed by atoms with Crippen molar-refractivity contribution in [3.8, 4) is 0 Å². The molecule has 3 N–H and O–H groups in total. The van der Waals surface area contributed by atoms with Crippen LogP contribution < -0.4 is 10.6 Å². The molecular formula is C18H19BrN2O3. The Hall–Kier alpha value is -2.18. The molecule has 0 fully saturated rings. The van der Waals surface area contributed by atoms with E-state index in [1.165, 1.54) is 0 Å². The lowest BCUT2D eigenvalue weighted by Crippen LogP contribution is -2.35. The molecule has 0 spiro atoms. The van der Waals surface area contributed by atoms with Crippen molar-refractivity contribution in [1.29, 1.82) is 0 Å². The number of halogens is 1. The van der Waals surface area contributed by atoms with Crippen LogP contribution in [0.1, 0.15) is 22.8 Å². The molecule has 0 heterocycles. The molecule has 0 saturated carbocycles. The summed E-state index contributed by atoms with van der Waals surface area (Å²) in [6.07, 6.45) is 0.255. The van der Waals surface area contributed by atoms with Gasteiger partial charge in [0.15, 0.2) is 0 Å². The van der Waals surface area contributed by atoms with Crippen molar-refractivity contribution in [1.82, 2.24) is 5.32 Å². The molecule has 0 aromatic heterocycles. The fourth-order valence-corrected chi connectivity index (χ4v) is 2.35. The number of anilines is 1. The van der Waals surface area contributed by atoms with Gasteiger partial charge in [-0.1, -0.05) is 34.1 Å². The van der Waals surface area contributed by atoms with Crippen LogP contribution in [0.2, 0.25) is 0 Å². The van der Waals surface area contributed by atoms with E-state index in [9.17, 15) is 9.59 Å². The highest BCUT2D eigenvalue weighted by Gasteiger charge is 2.10. The maximum absolute atomic E-state index is 12.1. The summed E-state index contributed by atoms with van der Waals surface area (Å²) in [7, 11) is 0. The summed E-state index contributed by atoms with van der Waals surface area (Å²) >= 11 is 3.35. The molecule has 2 aromatic rings. The molecule has 0 aliphatic rings. The normalized spacial score (nSPS) is 11.6. The third kappa shape index (κ3) is 5.47. The van der Waals surface area contributed by atoms with Crippen molar-refractivity contribution in [2.75, 3.05) is 11.9 Å². The third-order valence-electron chi connectivity index (χ3n) is 3.34. The van der Waals surface area contributed by atoms with E-state index in [1.807, 2.05) is 24.3 Å². The van der Waals surface area contributed by atoms with Gasteiger partial charge in [0.05, 0.1) is 13.0 Å². The molecule has 1 atom stereocenters. The lowest BCUT2D eigenvalue weighted by atomic mass is 10.1. The zero-order chi connectivity index (χ0) is 17.5. The van der Waals surface area contributed by atoms with Crippen molar-refractivity contribution in [3.63, 3.8) is 0 Å². The summed E-state index contributed by atoms with van der Waals surface area (Å²) in [5.41, 5.74) is 1.89. The second kappa shape index (κ2) is 8.61. The molecule has 2 rings (SSSR count). The lowest BCUT2D eigenvalue weighted by Gasteiger charge is -2.12. The number of benzene rings is 2. The average molecular weight is 391 g/mol. The highest BCUT2D eigenvalue weighted by atomic mass is 79.9. The highest BCUT2D eigenvalue weighted by Crippen LogP contribution is 2.14. The number of carbonyl (C=O) groups excluding carboxylic acids is 2. The van der Waals surface area contributed by atoms with Crippen LogP contribution in [0.3, 0.4) is 0 Å². The van der Waals surface area contributed by atoms with Gasteiger partial charge >= 0.3 is 0 Å². The van der Waals surface area contributed by atoms with Gasteiger partial charge in [-0.3, -0.25) is 9.59 Å². The Bertz CT molecular complexity index is 716. The fourth-order valence-electron chi connectivity index (χ4n) is 2.08. The van der Waals surface area contributed by atoms with Gasteiger partial charge in [0.1, 0.15) is 0 Å². The molecule has 0 radical (unpaired) electrons. The van der Waals surface area contributed by atoms with E-state index in [-0.39, 0.29) is 30.9 Å². The molecule has 2 aromatic carbocycles. The number of hydrogen-bond acceptors (Lipinski definition) is 3. The van der Waals surface area contributed by atoms with Crippen molar-refractivity contribution < 1.29 is 14.7 Å². The molecular weight excluding hydrogens is 372 g/mol. The van der Waals surface area contributed by atoms with E-state index in [0.717, 1.165) is 10.0 Å². The smallest absolute Gasteiger partial charge is 0.251 e. The van der Waals surface area contributed by atoms with Crippen molar-refractivity contribution in [3.05, 3.63) is 64.1 Å². The molecule has 6 heteroatoms. The van der Waals surface area contributed by atoms with Crippen molar-refractivity contribution in [2.45, 2.75) is 19.4 Å². The Morgan fingerprint density at radius 3 is 2.54 bits per heavy atom. The van der Waals surface area contributed by atoms with E-state index in [0.29, 0.717) is 11.3 Å². The number of aliphatic hydroxyl groups excluding tert-OH is 1. The van der Waals surface area contributed by atoms with E-state index in [1.54, 1.807) is 31.2 Å². The Balaban J connectivity index is 1.99. The molecule has 5 nitrogen and oxygen atoms in total. The summed E-state index contributed by atoms with van der Waals surface area (Å²) in [6.45, 7) is 1.58. The minimum Gasteiger partial charge on any atom is -0.394 e. The van der Waals surface area contributed by atoms with E-state index < -0.39 is 0 Å². The third-order valence-corrected chi connectivity index (χ3v) is 3.87. The van der Waals surface area contributed by atoms with Crippen LogP contribution in [-0.2, 0) is 11.2 Å². The Labute approximate surface area is 149 Å². The minimum atomic E-state index is -0.326. The van der Waals surface area contributed by atoms with Gasteiger partial charge in [0.25, 0.3) is 5.91 Å². The largest absolute Gasteiger partial charge is 0.394 e. The zero-order valence-corrected chi connectivity index (χ0v) is 14.8. The van der Waals surface area contributed by atoms with E-state index >= 15 is 0 Å². The van der Waals surface area contributed by atoms with Crippen LogP contribution in [0, 0.1) is 0 Å². The van der Waals surface area contributed by atoms with E-state index in [2.05, 4.69) is 26.6 Å². The molecule has 0 aliphatic heterocycles. The lowest BCUT2D eigenvalue weighted by molar-refractivity contribution is -0.115. The van der Waals surface area contributed by atoms with Crippen LogP contribution >= 0.6 is 15.9 Å².